The smallest absolute Gasteiger partial charge is 0.101 e. The van der Waals surface area contributed by atoms with Crippen LogP contribution in [-0.2, 0) is 4.74 Å². The van der Waals surface area contributed by atoms with Crippen molar-refractivity contribution in [3.05, 3.63) is 29.3 Å². The number of hydrogen-bond donors (Lipinski definition) is 0. The molecule has 0 amide bonds. The molecule has 2 unspecified atom stereocenters. The van der Waals surface area contributed by atoms with Gasteiger partial charge in [0.1, 0.15) is 6.07 Å². The number of benzene rings is 1. The summed E-state index contributed by atoms with van der Waals surface area (Å²) in [6.45, 7) is 6.11. The number of rotatable bonds is 2. The molecule has 0 bridgehead atoms. The van der Waals surface area contributed by atoms with Gasteiger partial charge in [0.2, 0.25) is 0 Å². The number of methoxy groups -OCH3 is 1. The van der Waals surface area contributed by atoms with E-state index in [4.69, 9.17) is 4.74 Å². The van der Waals surface area contributed by atoms with Gasteiger partial charge in [-0.25, -0.2) is 0 Å². The van der Waals surface area contributed by atoms with Crippen LogP contribution in [0.3, 0.4) is 0 Å². The molecule has 1 aliphatic heterocycles. The zero-order chi connectivity index (χ0) is 13.1. The lowest BCUT2D eigenvalue weighted by molar-refractivity contribution is 0.0498. The number of hydrogen-bond acceptors (Lipinski definition) is 3. The molecular formula is C15H20N2O. The second-order valence-electron chi connectivity index (χ2n) is 5.12. The van der Waals surface area contributed by atoms with Crippen LogP contribution in [0.2, 0.25) is 0 Å². The molecule has 0 N–H and O–H groups in total. The van der Waals surface area contributed by atoms with Gasteiger partial charge in [0, 0.05) is 20.2 Å². The molecule has 0 saturated carbocycles. The van der Waals surface area contributed by atoms with E-state index in [1.54, 1.807) is 7.11 Å². The minimum atomic E-state index is 0.256. The molecule has 1 aromatic carbocycles. The third-order valence-electron chi connectivity index (χ3n) is 3.81. The molecular weight excluding hydrogens is 224 g/mol. The number of nitriles is 1. The lowest BCUT2D eigenvalue weighted by Crippen LogP contribution is -2.44. The molecule has 1 saturated heterocycles. The maximum atomic E-state index is 9.24. The van der Waals surface area contributed by atoms with Crippen molar-refractivity contribution in [2.24, 2.45) is 5.92 Å². The van der Waals surface area contributed by atoms with Crippen LogP contribution in [0, 0.1) is 24.2 Å². The van der Waals surface area contributed by atoms with Crippen LogP contribution in [0.4, 0.5) is 5.69 Å². The summed E-state index contributed by atoms with van der Waals surface area (Å²) < 4.78 is 5.53. The Balaban J connectivity index is 2.25. The Morgan fingerprint density at radius 1 is 1.44 bits per heavy atom. The maximum absolute atomic E-state index is 9.24. The molecule has 1 aromatic rings. The first-order valence-electron chi connectivity index (χ1n) is 6.44. The largest absolute Gasteiger partial charge is 0.379 e. The highest BCUT2D eigenvalue weighted by molar-refractivity contribution is 5.60. The number of aryl methyl sites for hydroxylation is 1. The van der Waals surface area contributed by atoms with Crippen molar-refractivity contribution in [2.75, 3.05) is 25.1 Å². The molecule has 1 aliphatic rings. The first-order valence-corrected chi connectivity index (χ1v) is 6.44. The summed E-state index contributed by atoms with van der Waals surface area (Å²) in [5, 5.41) is 9.24. The molecule has 3 nitrogen and oxygen atoms in total. The van der Waals surface area contributed by atoms with Gasteiger partial charge < -0.3 is 9.64 Å². The van der Waals surface area contributed by atoms with Gasteiger partial charge in [-0.15, -0.1) is 0 Å². The summed E-state index contributed by atoms with van der Waals surface area (Å²) >= 11 is 0. The molecule has 0 radical (unpaired) electrons. The van der Waals surface area contributed by atoms with Crippen LogP contribution in [0.1, 0.15) is 24.5 Å². The Morgan fingerprint density at radius 2 is 2.22 bits per heavy atom. The average Bonchev–Trinajstić information content (AvgIpc) is 2.39. The summed E-state index contributed by atoms with van der Waals surface area (Å²) in [4.78, 5) is 2.27. The predicted molar refractivity (Wildman–Crippen MR) is 72.7 cm³/mol. The molecule has 2 rings (SSSR count). The fourth-order valence-corrected chi connectivity index (χ4v) is 2.57. The molecule has 96 valence electrons. The lowest BCUT2D eigenvalue weighted by Gasteiger charge is -2.38. The molecule has 3 heteroatoms. The van der Waals surface area contributed by atoms with Gasteiger partial charge in [0.05, 0.1) is 17.4 Å². The molecule has 0 aromatic heterocycles. The van der Waals surface area contributed by atoms with Crippen molar-refractivity contribution in [1.82, 2.24) is 0 Å². The lowest BCUT2D eigenvalue weighted by atomic mass is 9.94. The number of anilines is 1. The fraction of sp³-hybridized carbons (Fsp3) is 0.533. The molecule has 0 aliphatic carbocycles. The third kappa shape index (κ3) is 2.49. The van der Waals surface area contributed by atoms with E-state index in [0.717, 1.165) is 36.3 Å². The number of nitrogens with zero attached hydrogens (tertiary/aromatic N) is 2. The normalized spacial score (nSPS) is 23.8. The van der Waals surface area contributed by atoms with Crippen LogP contribution < -0.4 is 4.90 Å². The topological polar surface area (TPSA) is 36.3 Å². The van der Waals surface area contributed by atoms with Crippen LogP contribution in [-0.4, -0.2) is 26.3 Å². The molecule has 2 atom stereocenters. The van der Waals surface area contributed by atoms with Crippen molar-refractivity contribution in [3.8, 4) is 6.07 Å². The van der Waals surface area contributed by atoms with E-state index in [1.165, 1.54) is 0 Å². The van der Waals surface area contributed by atoms with Crippen LogP contribution in [0.25, 0.3) is 0 Å². The second-order valence-corrected chi connectivity index (χ2v) is 5.12. The van der Waals surface area contributed by atoms with Gasteiger partial charge >= 0.3 is 0 Å². The summed E-state index contributed by atoms with van der Waals surface area (Å²) in [5.41, 5.74) is 2.93. The Labute approximate surface area is 109 Å². The van der Waals surface area contributed by atoms with E-state index < -0.39 is 0 Å². The molecule has 1 heterocycles. The summed E-state index contributed by atoms with van der Waals surface area (Å²) in [7, 11) is 1.77. The van der Waals surface area contributed by atoms with Gasteiger partial charge in [-0.2, -0.15) is 5.26 Å². The van der Waals surface area contributed by atoms with Crippen molar-refractivity contribution in [1.29, 1.82) is 5.26 Å². The first-order chi connectivity index (χ1) is 8.65. The van der Waals surface area contributed by atoms with Crippen molar-refractivity contribution >= 4 is 5.69 Å². The zero-order valence-corrected chi connectivity index (χ0v) is 11.3. The predicted octanol–water partition coefficient (Wildman–Crippen LogP) is 2.73. The number of piperidine rings is 1. The quantitative estimate of drug-likeness (QED) is 0.802. The van der Waals surface area contributed by atoms with Crippen molar-refractivity contribution in [2.45, 2.75) is 26.4 Å². The van der Waals surface area contributed by atoms with Crippen molar-refractivity contribution < 1.29 is 4.74 Å². The van der Waals surface area contributed by atoms with E-state index in [9.17, 15) is 5.26 Å². The SMILES string of the molecule is COC1CN(c2ccc(C)cc2C#N)CCC1C. The van der Waals surface area contributed by atoms with E-state index >= 15 is 0 Å². The van der Waals surface area contributed by atoms with E-state index in [0.29, 0.717) is 5.92 Å². The van der Waals surface area contributed by atoms with Crippen LogP contribution in [0.15, 0.2) is 18.2 Å². The third-order valence-corrected chi connectivity index (χ3v) is 3.81. The second kappa shape index (κ2) is 5.41. The molecule has 18 heavy (non-hydrogen) atoms. The Morgan fingerprint density at radius 3 is 2.89 bits per heavy atom. The van der Waals surface area contributed by atoms with Crippen molar-refractivity contribution in [3.63, 3.8) is 0 Å². The average molecular weight is 244 g/mol. The van der Waals surface area contributed by atoms with Gasteiger partial charge in [0.25, 0.3) is 0 Å². The first kappa shape index (κ1) is 12.9. The van der Waals surface area contributed by atoms with Gasteiger partial charge in [-0.1, -0.05) is 13.0 Å². The van der Waals surface area contributed by atoms with E-state index in [2.05, 4.69) is 30.0 Å². The van der Waals surface area contributed by atoms with Crippen LogP contribution >= 0.6 is 0 Å². The van der Waals surface area contributed by atoms with Gasteiger partial charge in [-0.05, 0) is 37.0 Å². The van der Waals surface area contributed by atoms with Crippen LogP contribution in [0.5, 0.6) is 0 Å². The van der Waals surface area contributed by atoms with E-state index in [1.807, 2.05) is 13.0 Å². The zero-order valence-electron chi connectivity index (χ0n) is 11.3. The monoisotopic (exact) mass is 244 g/mol. The fourth-order valence-electron chi connectivity index (χ4n) is 2.57. The highest BCUT2D eigenvalue weighted by atomic mass is 16.5. The highest BCUT2D eigenvalue weighted by Gasteiger charge is 2.27. The maximum Gasteiger partial charge on any atom is 0.101 e. The molecule has 0 spiro atoms. The Hall–Kier alpha value is -1.53. The minimum Gasteiger partial charge on any atom is -0.379 e. The minimum absolute atomic E-state index is 0.256. The highest BCUT2D eigenvalue weighted by Crippen LogP contribution is 2.27. The van der Waals surface area contributed by atoms with Gasteiger partial charge in [-0.3, -0.25) is 0 Å². The Kier molecular flexibility index (Phi) is 3.88. The van der Waals surface area contributed by atoms with E-state index in [-0.39, 0.29) is 6.10 Å². The summed E-state index contributed by atoms with van der Waals surface area (Å²) in [6.07, 6.45) is 1.36. The Bertz CT molecular complexity index is 464. The molecule has 1 fully saturated rings. The number of ether oxygens (including phenoxy) is 1. The van der Waals surface area contributed by atoms with Gasteiger partial charge in [0.15, 0.2) is 0 Å². The standard InChI is InChI=1S/C15H20N2O/c1-11-4-5-14(13(8-11)9-16)17-7-6-12(2)15(10-17)18-3/h4-5,8,12,15H,6-7,10H2,1-3H3. The summed E-state index contributed by atoms with van der Waals surface area (Å²) in [6, 6.07) is 8.37. The summed E-state index contributed by atoms with van der Waals surface area (Å²) in [5.74, 6) is 0.585.